The Morgan fingerprint density at radius 1 is 1.10 bits per heavy atom. The molecular weight excluding hydrogens is 310 g/mol. The van der Waals surface area contributed by atoms with Crippen LogP contribution in [0.5, 0.6) is 0 Å². The Balaban J connectivity index is 1.47. The zero-order chi connectivity index (χ0) is 13.7. The molecule has 1 nitrogen and oxygen atoms in total. The van der Waals surface area contributed by atoms with Crippen LogP contribution < -0.4 is 5.32 Å². The quantitative estimate of drug-likeness (QED) is 0.827. The molecule has 3 aliphatic carbocycles. The summed E-state index contributed by atoms with van der Waals surface area (Å²) in [5, 5.41) is 3.95. The molecule has 2 bridgehead atoms. The van der Waals surface area contributed by atoms with Gasteiger partial charge in [-0.25, -0.2) is 0 Å². The molecule has 3 aliphatic rings. The zero-order valence-corrected chi connectivity index (χ0v) is 13.8. The second-order valence-electron chi connectivity index (χ2n) is 7.17. The van der Waals surface area contributed by atoms with E-state index >= 15 is 0 Å². The van der Waals surface area contributed by atoms with Crippen LogP contribution in [0, 0.1) is 23.7 Å². The van der Waals surface area contributed by atoms with E-state index in [9.17, 15) is 0 Å². The summed E-state index contributed by atoms with van der Waals surface area (Å²) >= 11 is 3.69. The van der Waals surface area contributed by atoms with E-state index in [1.54, 1.807) is 0 Å². The number of benzene rings is 1. The molecule has 6 atom stereocenters. The van der Waals surface area contributed by atoms with Gasteiger partial charge in [0.15, 0.2) is 0 Å². The lowest BCUT2D eigenvalue weighted by Gasteiger charge is -2.34. The van der Waals surface area contributed by atoms with E-state index in [0.717, 1.165) is 29.7 Å². The van der Waals surface area contributed by atoms with Crippen molar-refractivity contribution in [2.45, 2.75) is 51.1 Å². The van der Waals surface area contributed by atoms with Gasteiger partial charge in [0.1, 0.15) is 0 Å². The van der Waals surface area contributed by atoms with Gasteiger partial charge in [-0.1, -0.05) is 40.5 Å². The van der Waals surface area contributed by atoms with Crippen LogP contribution >= 0.6 is 15.9 Å². The molecule has 20 heavy (non-hydrogen) atoms. The van der Waals surface area contributed by atoms with E-state index in [1.807, 2.05) is 0 Å². The van der Waals surface area contributed by atoms with Crippen LogP contribution in [0.3, 0.4) is 0 Å². The van der Waals surface area contributed by atoms with Gasteiger partial charge >= 0.3 is 0 Å². The molecule has 2 heteroatoms. The highest BCUT2D eigenvalue weighted by Gasteiger charge is 2.53. The SMILES string of the molecule is CC(NC1CC2CC1C1CCCC21)c1ccccc1Br. The molecule has 0 radical (unpaired) electrons. The topological polar surface area (TPSA) is 12.0 Å². The molecule has 1 N–H and O–H groups in total. The molecule has 0 aliphatic heterocycles. The van der Waals surface area contributed by atoms with Gasteiger partial charge < -0.3 is 5.32 Å². The molecule has 0 saturated heterocycles. The van der Waals surface area contributed by atoms with Crippen LogP contribution in [-0.2, 0) is 0 Å². The van der Waals surface area contributed by atoms with Gasteiger partial charge in [0.05, 0.1) is 0 Å². The average Bonchev–Trinajstić information content (AvgIpc) is 3.10. The third kappa shape index (κ3) is 2.07. The zero-order valence-electron chi connectivity index (χ0n) is 12.2. The van der Waals surface area contributed by atoms with Gasteiger partial charge in [0.25, 0.3) is 0 Å². The average molecular weight is 334 g/mol. The third-order valence-electron chi connectivity index (χ3n) is 6.26. The van der Waals surface area contributed by atoms with E-state index in [4.69, 9.17) is 0 Å². The van der Waals surface area contributed by atoms with Crippen molar-refractivity contribution in [3.8, 4) is 0 Å². The number of hydrogen-bond donors (Lipinski definition) is 1. The Labute approximate surface area is 130 Å². The highest BCUT2D eigenvalue weighted by atomic mass is 79.9. The number of rotatable bonds is 3. The maximum atomic E-state index is 3.95. The molecular formula is C18H24BrN. The van der Waals surface area contributed by atoms with Crippen LogP contribution in [0.25, 0.3) is 0 Å². The van der Waals surface area contributed by atoms with Crippen molar-refractivity contribution >= 4 is 15.9 Å². The van der Waals surface area contributed by atoms with E-state index in [-0.39, 0.29) is 0 Å². The number of fused-ring (bicyclic) bond motifs is 5. The Hall–Kier alpha value is -0.340. The van der Waals surface area contributed by atoms with Crippen LogP contribution in [0.2, 0.25) is 0 Å². The molecule has 1 aromatic carbocycles. The van der Waals surface area contributed by atoms with Gasteiger partial charge in [0.2, 0.25) is 0 Å². The second kappa shape index (κ2) is 5.14. The molecule has 0 aromatic heterocycles. The molecule has 3 saturated carbocycles. The molecule has 108 valence electrons. The monoisotopic (exact) mass is 333 g/mol. The van der Waals surface area contributed by atoms with Crippen molar-refractivity contribution < 1.29 is 0 Å². The van der Waals surface area contributed by atoms with Gasteiger partial charge in [-0.2, -0.15) is 0 Å². The van der Waals surface area contributed by atoms with Gasteiger partial charge in [-0.05, 0) is 67.9 Å². The predicted octanol–water partition coefficient (Wildman–Crippen LogP) is 4.92. The van der Waals surface area contributed by atoms with Gasteiger partial charge in [0, 0.05) is 16.6 Å². The minimum Gasteiger partial charge on any atom is -0.307 e. The first kappa shape index (κ1) is 13.3. The minimum atomic E-state index is 0.453. The normalized spacial score (nSPS) is 40.0. The highest BCUT2D eigenvalue weighted by Crippen LogP contribution is 2.58. The molecule has 3 fully saturated rings. The van der Waals surface area contributed by atoms with E-state index < -0.39 is 0 Å². The van der Waals surface area contributed by atoms with Crippen molar-refractivity contribution in [1.82, 2.24) is 5.32 Å². The summed E-state index contributed by atoms with van der Waals surface area (Å²) < 4.78 is 1.24. The fraction of sp³-hybridized carbons (Fsp3) is 0.667. The number of nitrogens with one attached hydrogen (secondary N) is 1. The van der Waals surface area contributed by atoms with E-state index in [1.165, 1.54) is 42.1 Å². The predicted molar refractivity (Wildman–Crippen MR) is 86.5 cm³/mol. The summed E-state index contributed by atoms with van der Waals surface area (Å²) in [6.07, 6.45) is 7.47. The summed E-state index contributed by atoms with van der Waals surface area (Å²) in [5.41, 5.74) is 1.40. The number of hydrogen-bond acceptors (Lipinski definition) is 1. The summed E-state index contributed by atoms with van der Waals surface area (Å²) in [4.78, 5) is 0. The highest BCUT2D eigenvalue weighted by molar-refractivity contribution is 9.10. The standard InChI is InChI=1S/C18H24BrN/c1-11(13-5-2-3-8-17(13)19)20-18-10-12-9-16(18)15-7-4-6-14(12)15/h2-3,5,8,11-12,14-16,18,20H,4,6-7,9-10H2,1H3. The Morgan fingerprint density at radius 3 is 2.75 bits per heavy atom. The summed E-state index contributed by atoms with van der Waals surface area (Å²) in [6.45, 7) is 2.32. The van der Waals surface area contributed by atoms with Crippen molar-refractivity contribution in [1.29, 1.82) is 0 Å². The Kier molecular flexibility index (Phi) is 3.42. The summed E-state index contributed by atoms with van der Waals surface area (Å²) in [7, 11) is 0. The minimum absolute atomic E-state index is 0.453. The Bertz CT molecular complexity index is 500. The lowest BCUT2D eigenvalue weighted by Crippen LogP contribution is -2.40. The summed E-state index contributed by atoms with van der Waals surface area (Å²) in [6, 6.07) is 9.86. The molecule has 1 aromatic rings. The lowest BCUT2D eigenvalue weighted by atomic mass is 9.79. The molecule has 0 heterocycles. The largest absolute Gasteiger partial charge is 0.307 e. The van der Waals surface area contributed by atoms with Crippen LogP contribution in [-0.4, -0.2) is 6.04 Å². The fourth-order valence-electron chi connectivity index (χ4n) is 5.50. The molecule has 4 rings (SSSR count). The van der Waals surface area contributed by atoms with Crippen molar-refractivity contribution in [3.05, 3.63) is 34.3 Å². The Morgan fingerprint density at radius 2 is 1.90 bits per heavy atom. The first-order chi connectivity index (χ1) is 9.74. The van der Waals surface area contributed by atoms with Crippen LogP contribution in [0.4, 0.5) is 0 Å². The maximum absolute atomic E-state index is 3.95. The van der Waals surface area contributed by atoms with Crippen molar-refractivity contribution in [3.63, 3.8) is 0 Å². The number of halogens is 1. The van der Waals surface area contributed by atoms with Crippen LogP contribution in [0.15, 0.2) is 28.7 Å². The van der Waals surface area contributed by atoms with Crippen molar-refractivity contribution in [2.75, 3.05) is 0 Å². The second-order valence-corrected chi connectivity index (χ2v) is 8.02. The first-order valence-electron chi connectivity index (χ1n) is 8.24. The smallest absolute Gasteiger partial charge is 0.0305 e. The van der Waals surface area contributed by atoms with E-state index in [0.29, 0.717) is 6.04 Å². The van der Waals surface area contributed by atoms with Crippen molar-refractivity contribution in [2.24, 2.45) is 23.7 Å². The maximum Gasteiger partial charge on any atom is 0.0305 e. The molecule has 0 amide bonds. The first-order valence-corrected chi connectivity index (χ1v) is 9.04. The van der Waals surface area contributed by atoms with E-state index in [2.05, 4.69) is 52.4 Å². The lowest BCUT2D eigenvalue weighted by molar-refractivity contribution is 0.200. The third-order valence-corrected chi connectivity index (χ3v) is 6.99. The van der Waals surface area contributed by atoms with Gasteiger partial charge in [-0.3, -0.25) is 0 Å². The molecule has 6 unspecified atom stereocenters. The van der Waals surface area contributed by atoms with Gasteiger partial charge in [-0.15, -0.1) is 0 Å². The summed E-state index contributed by atoms with van der Waals surface area (Å²) in [5.74, 6) is 4.16. The fourth-order valence-corrected chi connectivity index (χ4v) is 6.13. The van der Waals surface area contributed by atoms with Crippen LogP contribution in [0.1, 0.15) is 50.6 Å². The molecule has 0 spiro atoms.